The Bertz CT molecular complexity index is 544. The van der Waals surface area contributed by atoms with Gasteiger partial charge in [-0.25, -0.2) is 0 Å². The second kappa shape index (κ2) is 5.98. The fourth-order valence-corrected chi connectivity index (χ4v) is 3.82. The summed E-state index contributed by atoms with van der Waals surface area (Å²) in [5.74, 6) is 0. The topological polar surface area (TPSA) is 12.0 Å². The van der Waals surface area contributed by atoms with Gasteiger partial charge in [0.1, 0.15) is 0 Å². The van der Waals surface area contributed by atoms with Gasteiger partial charge >= 0.3 is 0 Å². The molecule has 2 heteroatoms. The Morgan fingerprint density at radius 3 is 2.74 bits per heavy atom. The Balaban J connectivity index is 1.62. The minimum Gasteiger partial charge on any atom is -0.313 e. The maximum atomic E-state index is 3.71. The highest BCUT2D eigenvalue weighted by Crippen LogP contribution is 2.30. The van der Waals surface area contributed by atoms with E-state index in [9.17, 15) is 0 Å². The van der Waals surface area contributed by atoms with Crippen molar-refractivity contribution in [2.45, 2.75) is 30.6 Å². The lowest BCUT2D eigenvalue weighted by molar-refractivity contribution is 0.356. The monoisotopic (exact) mass is 271 g/mol. The molecule has 0 aromatic heterocycles. The van der Waals surface area contributed by atoms with E-state index in [2.05, 4.69) is 54.0 Å². The molecule has 1 saturated carbocycles. The van der Waals surface area contributed by atoms with Gasteiger partial charge in [0.25, 0.3) is 0 Å². The van der Waals surface area contributed by atoms with Crippen LogP contribution in [0.2, 0.25) is 0 Å². The molecular weight excluding hydrogens is 250 g/mol. The summed E-state index contributed by atoms with van der Waals surface area (Å²) in [7, 11) is 0. The molecule has 1 aliphatic carbocycles. The van der Waals surface area contributed by atoms with E-state index in [1.54, 1.807) is 0 Å². The largest absolute Gasteiger partial charge is 0.313 e. The Hall–Kier alpha value is -0.990. The lowest BCUT2D eigenvalue weighted by Crippen LogP contribution is -2.46. The van der Waals surface area contributed by atoms with Crippen LogP contribution in [-0.2, 0) is 6.42 Å². The fraction of sp³-hybridized carbons (Fsp3) is 0.412. The van der Waals surface area contributed by atoms with Crippen LogP contribution >= 0.6 is 11.8 Å². The molecule has 1 aliphatic rings. The smallest absolute Gasteiger partial charge is 0.0199 e. The van der Waals surface area contributed by atoms with Crippen LogP contribution < -0.4 is 5.32 Å². The molecule has 0 radical (unpaired) electrons. The first-order valence-corrected chi connectivity index (χ1v) is 8.40. The molecule has 0 aliphatic heterocycles. The highest BCUT2D eigenvalue weighted by Gasteiger charge is 2.28. The summed E-state index contributed by atoms with van der Waals surface area (Å²) in [6.45, 7) is 1.09. The van der Waals surface area contributed by atoms with Crippen molar-refractivity contribution >= 4 is 22.5 Å². The molecule has 0 amide bonds. The van der Waals surface area contributed by atoms with Crippen molar-refractivity contribution in [1.82, 2.24) is 5.32 Å². The number of rotatable bonds is 5. The van der Waals surface area contributed by atoms with Crippen molar-refractivity contribution in [3.8, 4) is 0 Å². The zero-order valence-electron chi connectivity index (χ0n) is 11.4. The molecule has 3 rings (SSSR count). The second-order valence-electron chi connectivity index (χ2n) is 5.30. The molecule has 1 N–H and O–H groups in total. The number of hydrogen-bond donors (Lipinski definition) is 1. The van der Waals surface area contributed by atoms with Gasteiger partial charge in [0, 0.05) is 11.3 Å². The van der Waals surface area contributed by atoms with E-state index in [-0.39, 0.29) is 0 Å². The van der Waals surface area contributed by atoms with Crippen molar-refractivity contribution in [2.24, 2.45) is 0 Å². The molecule has 0 saturated heterocycles. The van der Waals surface area contributed by atoms with Crippen molar-refractivity contribution < 1.29 is 0 Å². The molecular formula is C17H21NS. The van der Waals surface area contributed by atoms with E-state index in [0.29, 0.717) is 0 Å². The van der Waals surface area contributed by atoms with Crippen LogP contribution in [0.5, 0.6) is 0 Å². The van der Waals surface area contributed by atoms with E-state index in [0.717, 1.165) is 24.3 Å². The predicted molar refractivity (Wildman–Crippen MR) is 86.0 cm³/mol. The first-order chi connectivity index (χ1) is 9.38. The minimum atomic E-state index is 0.741. The third-order valence-electron chi connectivity index (χ3n) is 4.19. The molecule has 1 fully saturated rings. The summed E-state index contributed by atoms with van der Waals surface area (Å²) in [4.78, 5) is 0. The van der Waals surface area contributed by atoms with Crippen LogP contribution in [0.1, 0.15) is 18.4 Å². The Kier molecular flexibility index (Phi) is 4.09. The number of nitrogens with one attached hydrogen (secondary N) is 1. The van der Waals surface area contributed by atoms with Crippen LogP contribution in [0, 0.1) is 0 Å². The molecule has 0 heterocycles. The average molecular weight is 271 g/mol. The van der Waals surface area contributed by atoms with Gasteiger partial charge in [0.15, 0.2) is 0 Å². The van der Waals surface area contributed by atoms with Gasteiger partial charge in [0.2, 0.25) is 0 Å². The molecule has 0 bridgehead atoms. The van der Waals surface area contributed by atoms with Gasteiger partial charge in [-0.15, -0.1) is 0 Å². The van der Waals surface area contributed by atoms with Crippen molar-refractivity contribution in [3.05, 3.63) is 48.0 Å². The van der Waals surface area contributed by atoms with Crippen molar-refractivity contribution in [2.75, 3.05) is 12.8 Å². The van der Waals surface area contributed by atoms with Gasteiger partial charge in [-0.1, -0.05) is 42.5 Å². The summed E-state index contributed by atoms with van der Waals surface area (Å²) in [6.07, 6.45) is 6.08. The molecule has 1 nitrogen and oxygen atoms in total. The van der Waals surface area contributed by atoms with Crippen molar-refractivity contribution in [1.29, 1.82) is 0 Å². The summed E-state index contributed by atoms with van der Waals surface area (Å²) in [5, 5.41) is 7.31. The average Bonchev–Trinajstić information content (AvgIpc) is 2.43. The number of thioether (sulfide) groups is 1. The second-order valence-corrected chi connectivity index (χ2v) is 6.38. The molecule has 2 atom stereocenters. The highest BCUT2D eigenvalue weighted by atomic mass is 32.2. The lowest BCUT2D eigenvalue weighted by Gasteiger charge is -2.36. The summed E-state index contributed by atoms with van der Waals surface area (Å²) in [6, 6.07) is 16.0. The maximum Gasteiger partial charge on any atom is 0.0199 e. The number of hydrogen-bond acceptors (Lipinski definition) is 2. The van der Waals surface area contributed by atoms with Crippen LogP contribution in [0.25, 0.3) is 10.8 Å². The Morgan fingerprint density at radius 1 is 1.11 bits per heavy atom. The van der Waals surface area contributed by atoms with E-state index in [1.807, 2.05) is 11.8 Å². The number of benzene rings is 2. The zero-order chi connectivity index (χ0) is 13.1. The standard InChI is InChI=1S/C17H21NS/c1-19-17-10-9-16(17)18-12-11-14-7-4-6-13-5-2-3-8-15(13)14/h2-8,16-18H,9-12H2,1H3. The van der Waals surface area contributed by atoms with Crippen LogP contribution in [0.4, 0.5) is 0 Å². The predicted octanol–water partition coefficient (Wildman–Crippen LogP) is 3.87. The zero-order valence-corrected chi connectivity index (χ0v) is 12.2. The quantitative estimate of drug-likeness (QED) is 0.886. The Morgan fingerprint density at radius 2 is 1.95 bits per heavy atom. The summed E-state index contributed by atoms with van der Waals surface area (Å²) < 4.78 is 0. The minimum absolute atomic E-state index is 0.741. The maximum absolute atomic E-state index is 3.71. The van der Waals surface area contributed by atoms with E-state index in [4.69, 9.17) is 0 Å². The van der Waals surface area contributed by atoms with E-state index >= 15 is 0 Å². The highest BCUT2D eigenvalue weighted by molar-refractivity contribution is 7.99. The van der Waals surface area contributed by atoms with E-state index < -0.39 is 0 Å². The first-order valence-electron chi connectivity index (χ1n) is 7.11. The first kappa shape index (κ1) is 13.0. The number of fused-ring (bicyclic) bond motifs is 1. The lowest BCUT2D eigenvalue weighted by atomic mass is 9.92. The van der Waals surface area contributed by atoms with Gasteiger partial charge in [-0.3, -0.25) is 0 Å². The van der Waals surface area contributed by atoms with Crippen molar-refractivity contribution in [3.63, 3.8) is 0 Å². The van der Waals surface area contributed by atoms with Gasteiger partial charge in [-0.05, 0) is 48.4 Å². The summed E-state index contributed by atoms with van der Waals surface area (Å²) in [5.41, 5.74) is 1.46. The SMILES string of the molecule is CSC1CCC1NCCc1cccc2ccccc12. The van der Waals surface area contributed by atoms with Crippen LogP contribution in [0.3, 0.4) is 0 Å². The molecule has 19 heavy (non-hydrogen) atoms. The molecule has 2 unspecified atom stereocenters. The van der Waals surface area contributed by atoms with Gasteiger partial charge in [-0.2, -0.15) is 11.8 Å². The third kappa shape index (κ3) is 2.80. The third-order valence-corrected chi connectivity index (χ3v) is 5.36. The van der Waals surface area contributed by atoms with Crippen LogP contribution in [0.15, 0.2) is 42.5 Å². The fourth-order valence-electron chi connectivity index (χ4n) is 2.89. The normalized spacial score (nSPS) is 22.4. The van der Waals surface area contributed by atoms with Gasteiger partial charge < -0.3 is 5.32 Å². The van der Waals surface area contributed by atoms with Crippen LogP contribution in [-0.4, -0.2) is 24.1 Å². The molecule has 100 valence electrons. The van der Waals surface area contributed by atoms with Gasteiger partial charge in [0.05, 0.1) is 0 Å². The molecule has 2 aromatic rings. The molecule has 2 aromatic carbocycles. The van der Waals surface area contributed by atoms with E-state index in [1.165, 1.54) is 29.2 Å². The molecule has 0 spiro atoms. The summed E-state index contributed by atoms with van der Waals surface area (Å²) >= 11 is 2.01. The Labute approximate surface area is 119 Å².